The molecule has 0 atom stereocenters. The second kappa shape index (κ2) is 5.85. The number of hydrogen-bond donors (Lipinski definition) is 1. The zero-order valence-electron chi connectivity index (χ0n) is 11.8. The van der Waals surface area contributed by atoms with E-state index in [0.717, 1.165) is 0 Å². The summed E-state index contributed by atoms with van der Waals surface area (Å²) in [7, 11) is 0. The number of carbonyl (C=O) groups excluding carboxylic acids is 1. The summed E-state index contributed by atoms with van der Waals surface area (Å²) in [5, 5.41) is 9.78. The van der Waals surface area contributed by atoms with Crippen molar-refractivity contribution in [3.05, 3.63) is 77.0 Å². The number of fused-ring (bicyclic) bond motifs is 1. The molecule has 1 heterocycles. The largest absolute Gasteiger partial charge is 0.360 e. The molecule has 0 spiro atoms. The third kappa shape index (κ3) is 2.87. The number of H-pyrrole nitrogens is 1. The van der Waals surface area contributed by atoms with Crippen LogP contribution < -0.4 is 0 Å². The summed E-state index contributed by atoms with van der Waals surface area (Å²) < 4.78 is 26.1. The van der Waals surface area contributed by atoms with Gasteiger partial charge in [0.05, 0.1) is 0 Å². The molecular weight excluding hydrogens is 298 g/mol. The van der Waals surface area contributed by atoms with Crippen LogP contribution in [0.15, 0.2) is 54.2 Å². The molecule has 112 valence electrons. The van der Waals surface area contributed by atoms with Crippen LogP contribution in [0, 0.1) is 23.0 Å². The zero-order chi connectivity index (χ0) is 16.4. The number of ketones is 1. The van der Waals surface area contributed by atoms with Crippen LogP contribution in [0.4, 0.5) is 8.78 Å². The van der Waals surface area contributed by atoms with Gasteiger partial charge >= 0.3 is 0 Å². The molecule has 3 rings (SSSR count). The quantitative estimate of drug-likeness (QED) is 0.447. The van der Waals surface area contributed by atoms with Crippen molar-refractivity contribution in [1.29, 1.82) is 5.26 Å². The molecule has 0 aliphatic carbocycles. The molecule has 2 aromatic carbocycles. The van der Waals surface area contributed by atoms with Gasteiger partial charge in [0, 0.05) is 22.7 Å². The van der Waals surface area contributed by atoms with Crippen LogP contribution in [0.5, 0.6) is 0 Å². The molecule has 0 aliphatic heterocycles. The van der Waals surface area contributed by atoms with Gasteiger partial charge < -0.3 is 4.98 Å². The van der Waals surface area contributed by atoms with Crippen molar-refractivity contribution in [1.82, 2.24) is 4.98 Å². The normalized spacial score (nSPS) is 11.4. The number of nitrogens with zero attached hydrogens (tertiary/aromatic N) is 1. The standard InChI is InChI=1S/C18H10F2N2O/c19-13-3-1-11(2-4-13)7-12(9-21)18(23)16-10-22-17-8-14(20)5-6-15(16)17/h1-8,10,22H. The fraction of sp³-hybridized carbons (Fsp3) is 0. The number of halogens is 2. The molecule has 3 nitrogen and oxygen atoms in total. The molecule has 1 N–H and O–H groups in total. The Morgan fingerprint density at radius 2 is 1.78 bits per heavy atom. The van der Waals surface area contributed by atoms with Gasteiger partial charge in [-0.05, 0) is 42.0 Å². The lowest BCUT2D eigenvalue weighted by Gasteiger charge is -1.99. The topological polar surface area (TPSA) is 56.6 Å². The van der Waals surface area contributed by atoms with Crippen molar-refractivity contribution >= 4 is 22.8 Å². The Bertz CT molecular complexity index is 963. The van der Waals surface area contributed by atoms with E-state index in [1.54, 1.807) is 0 Å². The maximum Gasteiger partial charge on any atom is 0.205 e. The predicted octanol–water partition coefficient (Wildman–Crippen LogP) is 4.24. The molecule has 23 heavy (non-hydrogen) atoms. The average Bonchev–Trinajstić information content (AvgIpc) is 2.96. The van der Waals surface area contributed by atoms with E-state index in [0.29, 0.717) is 16.5 Å². The van der Waals surface area contributed by atoms with Gasteiger partial charge in [-0.2, -0.15) is 5.26 Å². The van der Waals surface area contributed by atoms with E-state index in [4.69, 9.17) is 0 Å². The highest BCUT2D eigenvalue weighted by Gasteiger charge is 2.17. The third-order valence-electron chi connectivity index (χ3n) is 3.43. The summed E-state index contributed by atoms with van der Waals surface area (Å²) in [4.78, 5) is 15.3. The number of hydrogen-bond acceptors (Lipinski definition) is 2. The van der Waals surface area contributed by atoms with E-state index in [-0.39, 0.29) is 11.1 Å². The maximum atomic E-state index is 13.2. The van der Waals surface area contributed by atoms with E-state index >= 15 is 0 Å². The molecule has 5 heteroatoms. The molecule has 3 aromatic rings. The minimum Gasteiger partial charge on any atom is -0.360 e. The van der Waals surface area contributed by atoms with Gasteiger partial charge in [-0.15, -0.1) is 0 Å². The number of aromatic nitrogens is 1. The first-order valence-corrected chi connectivity index (χ1v) is 6.77. The van der Waals surface area contributed by atoms with Gasteiger partial charge in [0.1, 0.15) is 23.3 Å². The highest BCUT2D eigenvalue weighted by Crippen LogP contribution is 2.22. The van der Waals surface area contributed by atoms with E-state index in [1.807, 2.05) is 6.07 Å². The van der Waals surface area contributed by atoms with Gasteiger partial charge in [-0.1, -0.05) is 12.1 Å². The highest BCUT2D eigenvalue weighted by atomic mass is 19.1. The Morgan fingerprint density at radius 3 is 2.48 bits per heavy atom. The predicted molar refractivity (Wildman–Crippen MR) is 82.6 cm³/mol. The molecule has 0 saturated carbocycles. The summed E-state index contributed by atoms with van der Waals surface area (Å²) in [6.45, 7) is 0. The smallest absolute Gasteiger partial charge is 0.205 e. The Morgan fingerprint density at radius 1 is 1.09 bits per heavy atom. The van der Waals surface area contributed by atoms with Crippen LogP contribution in [-0.4, -0.2) is 10.8 Å². The monoisotopic (exact) mass is 308 g/mol. The van der Waals surface area contributed by atoms with E-state index in [1.165, 1.54) is 54.7 Å². The number of aromatic amines is 1. The van der Waals surface area contributed by atoms with Crippen molar-refractivity contribution in [2.75, 3.05) is 0 Å². The number of carbonyl (C=O) groups is 1. The number of nitrogens with one attached hydrogen (secondary N) is 1. The maximum absolute atomic E-state index is 13.2. The summed E-state index contributed by atoms with van der Waals surface area (Å²) in [6.07, 6.45) is 2.84. The number of Topliss-reactive ketones (excluding diaryl/α,β-unsaturated/α-hetero) is 1. The lowest BCUT2D eigenvalue weighted by molar-refractivity contribution is 0.104. The first kappa shape index (κ1) is 14.7. The first-order chi connectivity index (χ1) is 11.1. The second-order valence-corrected chi connectivity index (χ2v) is 4.94. The van der Waals surface area contributed by atoms with Crippen LogP contribution in [0.3, 0.4) is 0 Å². The average molecular weight is 308 g/mol. The minimum atomic E-state index is -0.477. The fourth-order valence-electron chi connectivity index (χ4n) is 2.31. The van der Waals surface area contributed by atoms with E-state index in [2.05, 4.69) is 4.98 Å². The second-order valence-electron chi connectivity index (χ2n) is 4.94. The summed E-state index contributed by atoms with van der Waals surface area (Å²) in [5.74, 6) is -1.29. The Balaban J connectivity index is 2.02. The Kier molecular flexibility index (Phi) is 3.73. The van der Waals surface area contributed by atoms with Crippen molar-refractivity contribution in [3.8, 4) is 6.07 Å². The summed E-state index contributed by atoms with van der Waals surface area (Å²) in [5.41, 5.74) is 1.23. The lowest BCUT2D eigenvalue weighted by atomic mass is 10.0. The SMILES string of the molecule is N#CC(=Cc1ccc(F)cc1)C(=O)c1c[nH]c2cc(F)ccc12. The number of nitriles is 1. The van der Waals surface area contributed by atoms with Crippen molar-refractivity contribution in [2.24, 2.45) is 0 Å². The molecule has 0 unspecified atom stereocenters. The lowest BCUT2D eigenvalue weighted by Crippen LogP contribution is -2.01. The van der Waals surface area contributed by atoms with Crippen molar-refractivity contribution in [2.45, 2.75) is 0 Å². The molecule has 0 radical (unpaired) electrons. The Hall–Kier alpha value is -3.26. The molecule has 0 saturated heterocycles. The van der Waals surface area contributed by atoms with Gasteiger partial charge in [-0.25, -0.2) is 8.78 Å². The van der Waals surface area contributed by atoms with Crippen LogP contribution in [0.25, 0.3) is 17.0 Å². The highest BCUT2D eigenvalue weighted by molar-refractivity contribution is 6.19. The summed E-state index contributed by atoms with van der Waals surface area (Å²) >= 11 is 0. The van der Waals surface area contributed by atoms with Crippen LogP contribution >= 0.6 is 0 Å². The number of rotatable bonds is 3. The molecule has 0 fully saturated rings. The third-order valence-corrected chi connectivity index (χ3v) is 3.43. The van der Waals surface area contributed by atoms with Crippen LogP contribution in [-0.2, 0) is 0 Å². The van der Waals surface area contributed by atoms with Crippen molar-refractivity contribution in [3.63, 3.8) is 0 Å². The van der Waals surface area contributed by atoms with E-state index in [9.17, 15) is 18.8 Å². The molecule has 0 amide bonds. The fourth-order valence-corrected chi connectivity index (χ4v) is 2.31. The first-order valence-electron chi connectivity index (χ1n) is 6.77. The Labute approximate surface area is 130 Å². The molecule has 0 bridgehead atoms. The minimum absolute atomic E-state index is 0.0816. The van der Waals surface area contributed by atoms with Crippen LogP contribution in [0.2, 0.25) is 0 Å². The summed E-state index contributed by atoms with van der Waals surface area (Å²) in [6, 6.07) is 11.3. The van der Waals surface area contributed by atoms with Gasteiger partial charge in [0.25, 0.3) is 0 Å². The molecular formula is C18H10F2N2O. The van der Waals surface area contributed by atoms with E-state index < -0.39 is 17.4 Å². The number of allylic oxidation sites excluding steroid dienone is 1. The van der Waals surface area contributed by atoms with Crippen LogP contribution in [0.1, 0.15) is 15.9 Å². The van der Waals surface area contributed by atoms with Gasteiger partial charge in [-0.3, -0.25) is 4.79 Å². The molecule has 1 aromatic heterocycles. The molecule has 0 aliphatic rings. The van der Waals surface area contributed by atoms with Gasteiger partial charge in [0.15, 0.2) is 0 Å². The number of benzene rings is 2. The zero-order valence-corrected chi connectivity index (χ0v) is 11.8. The van der Waals surface area contributed by atoms with Crippen molar-refractivity contribution < 1.29 is 13.6 Å². The van der Waals surface area contributed by atoms with Gasteiger partial charge in [0.2, 0.25) is 5.78 Å².